The third-order valence-corrected chi connectivity index (χ3v) is 6.00. The molecule has 0 radical (unpaired) electrons. The molecule has 0 unspecified atom stereocenters. The standard InChI is InChI=1S/C26H30N4O2/c1-26(2,3)20-8-6-19(7-9-20)25(32)28-14-10-23(31)30-15-11-18(12-16-30)22-17-29-24-21(22)5-4-13-27-24/h4-9,11,13,17H,10,12,14-16H2,1-3H3,(H,27,29)(H,28,32). The van der Waals surface area contributed by atoms with Crippen LogP contribution in [0, 0.1) is 0 Å². The van der Waals surface area contributed by atoms with E-state index in [1.807, 2.05) is 41.4 Å². The fraction of sp³-hybridized carbons (Fsp3) is 0.346. The molecule has 3 heterocycles. The van der Waals surface area contributed by atoms with Crippen LogP contribution in [-0.4, -0.2) is 46.3 Å². The van der Waals surface area contributed by atoms with Gasteiger partial charge in [-0.05, 0) is 47.2 Å². The van der Waals surface area contributed by atoms with Crippen molar-refractivity contribution in [1.29, 1.82) is 0 Å². The van der Waals surface area contributed by atoms with E-state index in [0.717, 1.165) is 23.0 Å². The minimum atomic E-state index is -0.146. The SMILES string of the molecule is CC(C)(C)c1ccc(C(=O)NCCC(=O)N2CC=C(c3c[nH]c4ncccc34)CC2)cc1. The Morgan fingerprint density at radius 3 is 2.62 bits per heavy atom. The molecule has 2 amide bonds. The van der Waals surface area contributed by atoms with Crippen molar-refractivity contribution < 1.29 is 9.59 Å². The molecule has 1 aliphatic rings. The zero-order chi connectivity index (χ0) is 22.7. The van der Waals surface area contributed by atoms with Gasteiger partial charge in [0, 0.05) is 55.0 Å². The maximum Gasteiger partial charge on any atom is 0.251 e. The fourth-order valence-electron chi connectivity index (χ4n) is 4.03. The normalized spacial score (nSPS) is 14.3. The lowest BCUT2D eigenvalue weighted by molar-refractivity contribution is -0.130. The number of nitrogens with zero attached hydrogens (tertiary/aromatic N) is 2. The summed E-state index contributed by atoms with van der Waals surface area (Å²) in [5.41, 5.74) is 5.13. The van der Waals surface area contributed by atoms with E-state index >= 15 is 0 Å². The lowest BCUT2D eigenvalue weighted by Gasteiger charge is -2.26. The second-order valence-electron chi connectivity index (χ2n) is 9.25. The number of hydrogen-bond acceptors (Lipinski definition) is 3. The van der Waals surface area contributed by atoms with Gasteiger partial charge in [-0.25, -0.2) is 4.98 Å². The van der Waals surface area contributed by atoms with Crippen molar-refractivity contribution in [3.05, 3.63) is 71.6 Å². The zero-order valence-corrected chi connectivity index (χ0v) is 18.9. The molecular weight excluding hydrogens is 400 g/mol. The summed E-state index contributed by atoms with van der Waals surface area (Å²) in [5.74, 6) is -0.0868. The zero-order valence-electron chi connectivity index (χ0n) is 18.9. The van der Waals surface area contributed by atoms with Gasteiger partial charge >= 0.3 is 0 Å². The van der Waals surface area contributed by atoms with Gasteiger partial charge in [0.15, 0.2) is 0 Å². The molecule has 1 aromatic carbocycles. The van der Waals surface area contributed by atoms with Crippen LogP contribution in [0.3, 0.4) is 0 Å². The lowest BCUT2D eigenvalue weighted by atomic mass is 9.87. The van der Waals surface area contributed by atoms with Crippen LogP contribution in [0.1, 0.15) is 55.1 Å². The number of carbonyl (C=O) groups is 2. The first-order valence-electron chi connectivity index (χ1n) is 11.1. The van der Waals surface area contributed by atoms with Gasteiger partial charge in [0.25, 0.3) is 5.91 Å². The average Bonchev–Trinajstić information content (AvgIpc) is 3.23. The number of nitrogens with one attached hydrogen (secondary N) is 2. The van der Waals surface area contributed by atoms with E-state index < -0.39 is 0 Å². The van der Waals surface area contributed by atoms with Crippen LogP contribution in [0.25, 0.3) is 16.6 Å². The van der Waals surface area contributed by atoms with Crippen molar-refractivity contribution in [3.8, 4) is 0 Å². The van der Waals surface area contributed by atoms with Crippen LogP contribution in [0.5, 0.6) is 0 Å². The number of benzene rings is 1. The first kappa shape index (κ1) is 21.8. The summed E-state index contributed by atoms with van der Waals surface area (Å²) in [6.45, 7) is 8.03. The van der Waals surface area contributed by atoms with Crippen LogP contribution in [0.4, 0.5) is 0 Å². The highest BCUT2D eigenvalue weighted by atomic mass is 16.2. The summed E-state index contributed by atoms with van der Waals surface area (Å²) >= 11 is 0. The Hall–Kier alpha value is -3.41. The maximum absolute atomic E-state index is 12.6. The second kappa shape index (κ2) is 8.99. The number of H-pyrrole nitrogens is 1. The van der Waals surface area contributed by atoms with E-state index in [-0.39, 0.29) is 17.2 Å². The Kier molecular flexibility index (Phi) is 6.12. The van der Waals surface area contributed by atoms with Gasteiger partial charge in [-0.3, -0.25) is 9.59 Å². The molecule has 166 valence electrons. The van der Waals surface area contributed by atoms with Gasteiger partial charge in [0.2, 0.25) is 5.91 Å². The number of hydrogen-bond donors (Lipinski definition) is 2. The van der Waals surface area contributed by atoms with Crippen molar-refractivity contribution >= 4 is 28.4 Å². The molecule has 0 saturated carbocycles. The summed E-state index contributed by atoms with van der Waals surface area (Å²) in [7, 11) is 0. The number of pyridine rings is 1. The molecule has 0 bridgehead atoms. The van der Waals surface area contributed by atoms with E-state index in [0.29, 0.717) is 31.6 Å². The monoisotopic (exact) mass is 430 g/mol. The molecule has 6 heteroatoms. The van der Waals surface area contributed by atoms with E-state index in [1.54, 1.807) is 6.20 Å². The molecule has 3 aromatic rings. The third-order valence-electron chi connectivity index (χ3n) is 6.00. The van der Waals surface area contributed by atoms with Gasteiger partial charge in [0.1, 0.15) is 5.65 Å². The summed E-state index contributed by atoms with van der Waals surface area (Å²) < 4.78 is 0. The van der Waals surface area contributed by atoms with Crippen molar-refractivity contribution in [2.24, 2.45) is 0 Å². The molecule has 2 N–H and O–H groups in total. The Morgan fingerprint density at radius 1 is 1.16 bits per heavy atom. The maximum atomic E-state index is 12.6. The van der Waals surface area contributed by atoms with Crippen molar-refractivity contribution in [2.75, 3.05) is 19.6 Å². The molecule has 6 nitrogen and oxygen atoms in total. The number of amides is 2. The molecule has 0 aliphatic carbocycles. The summed E-state index contributed by atoms with van der Waals surface area (Å²) in [4.78, 5) is 34.4. The molecule has 32 heavy (non-hydrogen) atoms. The molecule has 0 spiro atoms. The Balaban J connectivity index is 1.27. The number of aromatic nitrogens is 2. The Bertz CT molecular complexity index is 1150. The number of fused-ring (bicyclic) bond motifs is 1. The van der Waals surface area contributed by atoms with Gasteiger partial charge in [-0.2, -0.15) is 0 Å². The molecule has 4 rings (SSSR count). The first-order chi connectivity index (χ1) is 15.3. The van der Waals surface area contributed by atoms with Gasteiger partial charge < -0.3 is 15.2 Å². The average molecular weight is 431 g/mol. The van der Waals surface area contributed by atoms with Crippen LogP contribution < -0.4 is 5.32 Å². The largest absolute Gasteiger partial charge is 0.352 e. The minimum absolute atomic E-state index is 0.0509. The van der Waals surface area contributed by atoms with E-state index in [2.05, 4.69) is 48.2 Å². The van der Waals surface area contributed by atoms with E-state index in [9.17, 15) is 9.59 Å². The number of aromatic amines is 1. The van der Waals surface area contributed by atoms with Crippen LogP contribution in [-0.2, 0) is 10.2 Å². The summed E-state index contributed by atoms with van der Waals surface area (Å²) in [6, 6.07) is 11.7. The second-order valence-corrected chi connectivity index (χ2v) is 9.25. The Morgan fingerprint density at radius 2 is 1.94 bits per heavy atom. The highest BCUT2D eigenvalue weighted by molar-refractivity contribution is 5.94. The topological polar surface area (TPSA) is 78.1 Å². The predicted molar refractivity (Wildman–Crippen MR) is 127 cm³/mol. The predicted octanol–water partition coefficient (Wildman–Crippen LogP) is 4.30. The first-order valence-corrected chi connectivity index (χ1v) is 11.1. The molecule has 0 saturated heterocycles. The molecule has 0 atom stereocenters. The summed E-state index contributed by atoms with van der Waals surface area (Å²) in [6.07, 6.45) is 6.99. The number of rotatable bonds is 5. The smallest absolute Gasteiger partial charge is 0.251 e. The van der Waals surface area contributed by atoms with Crippen LogP contribution in [0.15, 0.2) is 54.9 Å². The molecule has 2 aromatic heterocycles. The third kappa shape index (κ3) is 4.74. The highest BCUT2D eigenvalue weighted by Gasteiger charge is 2.20. The van der Waals surface area contributed by atoms with Crippen molar-refractivity contribution in [1.82, 2.24) is 20.2 Å². The van der Waals surface area contributed by atoms with Gasteiger partial charge in [0.05, 0.1) is 0 Å². The van der Waals surface area contributed by atoms with Crippen molar-refractivity contribution in [3.63, 3.8) is 0 Å². The van der Waals surface area contributed by atoms with Gasteiger partial charge in [-0.1, -0.05) is 39.0 Å². The van der Waals surface area contributed by atoms with Crippen LogP contribution in [0.2, 0.25) is 0 Å². The van der Waals surface area contributed by atoms with E-state index in [1.165, 1.54) is 11.1 Å². The fourth-order valence-corrected chi connectivity index (χ4v) is 4.03. The minimum Gasteiger partial charge on any atom is -0.352 e. The molecule has 1 aliphatic heterocycles. The number of carbonyl (C=O) groups excluding carboxylic acids is 2. The molecule has 0 fully saturated rings. The summed E-state index contributed by atoms with van der Waals surface area (Å²) in [5, 5.41) is 3.97. The highest BCUT2D eigenvalue weighted by Crippen LogP contribution is 2.28. The quantitative estimate of drug-likeness (QED) is 0.634. The lowest BCUT2D eigenvalue weighted by Crippen LogP contribution is -2.37. The van der Waals surface area contributed by atoms with Crippen molar-refractivity contribution in [2.45, 2.75) is 39.0 Å². The van der Waals surface area contributed by atoms with E-state index in [4.69, 9.17) is 0 Å². The molecular formula is C26H30N4O2. The van der Waals surface area contributed by atoms with Gasteiger partial charge in [-0.15, -0.1) is 0 Å². The van der Waals surface area contributed by atoms with Crippen LogP contribution >= 0.6 is 0 Å². The Labute approximate surface area is 188 Å².